The van der Waals surface area contributed by atoms with Crippen LogP contribution in [0.25, 0.3) is 11.1 Å². The first-order valence-corrected chi connectivity index (χ1v) is 10.5. The Bertz CT molecular complexity index is 1190. The predicted octanol–water partition coefficient (Wildman–Crippen LogP) is 3.26. The number of carbonyl (C=O) groups excluding carboxylic acids is 2. The normalized spacial score (nSPS) is 13.9. The summed E-state index contributed by atoms with van der Waals surface area (Å²) >= 11 is 0. The Hall–Kier alpha value is -4.18. The molecule has 0 bridgehead atoms. The molecular weight excluding hydrogens is 442 g/mol. The van der Waals surface area contributed by atoms with E-state index < -0.39 is 23.5 Å². The molecule has 4 rings (SSSR count). The second-order valence-corrected chi connectivity index (χ2v) is 8.05. The smallest absolute Gasteiger partial charge is 0.414 e. The first-order valence-electron chi connectivity index (χ1n) is 10.5. The molecule has 0 saturated carbocycles. The minimum absolute atomic E-state index is 0.106. The van der Waals surface area contributed by atoms with E-state index in [-0.39, 0.29) is 30.7 Å². The van der Waals surface area contributed by atoms with Crippen LogP contribution in [0.2, 0.25) is 0 Å². The lowest BCUT2D eigenvalue weighted by molar-refractivity contribution is -0.145. The number of nitrogens with one attached hydrogen (secondary N) is 2. The van der Waals surface area contributed by atoms with Gasteiger partial charge in [0.05, 0.1) is 6.61 Å². The van der Waals surface area contributed by atoms with Gasteiger partial charge in [0, 0.05) is 19.1 Å². The number of benzene rings is 2. The van der Waals surface area contributed by atoms with Crippen molar-refractivity contribution >= 4 is 23.9 Å². The highest BCUT2D eigenvalue weighted by Crippen LogP contribution is 2.44. The molecule has 2 aromatic carbocycles. The number of hydrogen-bond acceptors (Lipinski definition) is 7. The minimum Gasteiger partial charge on any atom is -0.479 e. The summed E-state index contributed by atoms with van der Waals surface area (Å²) in [6.07, 6.45) is -0.778. The topological polar surface area (TPSA) is 140 Å². The van der Waals surface area contributed by atoms with Gasteiger partial charge in [-0.25, -0.2) is 9.59 Å². The van der Waals surface area contributed by atoms with Crippen LogP contribution in [0.15, 0.2) is 59.1 Å². The standard InChI is InChI=1S/C24H23N3O7/c1-24(13-32-2,22(29)30)26-21(28)19-11-20(34-27-19)25-23(31)33-12-18-16-9-5-3-7-14(16)15-8-4-6-10-17(15)18/h3-11,18H,12-13H2,1-2H3,(H,25,31)(H,26,28)(H,29,30). The fourth-order valence-corrected chi connectivity index (χ4v) is 3.93. The quantitative estimate of drug-likeness (QED) is 0.461. The van der Waals surface area contributed by atoms with E-state index in [0.29, 0.717) is 0 Å². The van der Waals surface area contributed by atoms with Gasteiger partial charge in [-0.1, -0.05) is 53.7 Å². The number of fused-ring (bicyclic) bond motifs is 3. The molecule has 0 saturated heterocycles. The van der Waals surface area contributed by atoms with Gasteiger partial charge in [-0.2, -0.15) is 0 Å². The van der Waals surface area contributed by atoms with Gasteiger partial charge in [-0.15, -0.1) is 0 Å². The maximum atomic E-state index is 12.4. The second kappa shape index (κ2) is 9.36. The first-order chi connectivity index (χ1) is 16.3. The summed E-state index contributed by atoms with van der Waals surface area (Å²) in [7, 11) is 1.32. The summed E-state index contributed by atoms with van der Waals surface area (Å²) in [6.45, 7) is 1.15. The average Bonchev–Trinajstić information content (AvgIpc) is 3.40. The van der Waals surface area contributed by atoms with Crippen molar-refractivity contribution in [1.82, 2.24) is 10.5 Å². The van der Waals surface area contributed by atoms with Crippen molar-refractivity contribution in [3.05, 3.63) is 71.4 Å². The van der Waals surface area contributed by atoms with E-state index in [0.717, 1.165) is 22.3 Å². The maximum absolute atomic E-state index is 12.4. The number of aromatic nitrogens is 1. The molecule has 34 heavy (non-hydrogen) atoms. The fourth-order valence-electron chi connectivity index (χ4n) is 3.93. The Kier molecular flexibility index (Phi) is 6.33. The average molecular weight is 465 g/mol. The number of aliphatic carboxylic acids is 1. The maximum Gasteiger partial charge on any atom is 0.414 e. The highest BCUT2D eigenvalue weighted by atomic mass is 16.6. The molecule has 0 aliphatic heterocycles. The lowest BCUT2D eigenvalue weighted by atomic mass is 9.98. The van der Waals surface area contributed by atoms with Crippen LogP contribution in [0.3, 0.4) is 0 Å². The van der Waals surface area contributed by atoms with Crippen LogP contribution in [0, 0.1) is 0 Å². The molecule has 1 unspecified atom stereocenters. The second-order valence-electron chi connectivity index (χ2n) is 8.05. The summed E-state index contributed by atoms with van der Waals surface area (Å²) in [5.74, 6) is -2.30. The molecule has 10 heteroatoms. The zero-order valence-corrected chi connectivity index (χ0v) is 18.5. The monoisotopic (exact) mass is 465 g/mol. The molecular formula is C24H23N3O7. The molecule has 3 aromatic rings. The van der Waals surface area contributed by atoms with E-state index in [4.69, 9.17) is 14.0 Å². The van der Waals surface area contributed by atoms with Crippen LogP contribution < -0.4 is 10.6 Å². The van der Waals surface area contributed by atoms with Crippen LogP contribution >= 0.6 is 0 Å². The highest BCUT2D eigenvalue weighted by Gasteiger charge is 2.36. The number of anilines is 1. The number of amides is 2. The van der Waals surface area contributed by atoms with Gasteiger partial charge >= 0.3 is 12.1 Å². The van der Waals surface area contributed by atoms with Crippen LogP contribution in [0.5, 0.6) is 0 Å². The van der Waals surface area contributed by atoms with Crippen molar-refractivity contribution in [3.63, 3.8) is 0 Å². The lowest BCUT2D eigenvalue weighted by Gasteiger charge is -2.24. The molecule has 2 amide bonds. The molecule has 1 aliphatic rings. The number of hydrogen-bond donors (Lipinski definition) is 3. The lowest BCUT2D eigenvalue weighted by Crippen LogP contribution is -2.55. The largest absolute Gasteiger partial charge is 0.479 e. The van der Waals surface area contributed by atoms with Gasteiger partial charge in [0.1, 0.15) is 6.61 Å². The Morgan fingerprint density at radius 2 is 1.71 bits per heavy atom. The first kappa shape index (κ1) is 23.0. The van der Waals surface area contributed by atoms with E-state index in [1.54, 1.807) is 0 Å². The van der Waals surface area contributed by atoms with Crippen molar-refractivity contribution in [1.29, 1.82) is 0 Å². The molecule has 1 heterocycles. The number of rotatable bonds is 8. The van der Waals surface area contributed by atoms with Gasteiger partial charge in [-0.05, 0) is 29.2 Å². The van der Waals surface area contributed by atoms with Crippen LogP contribution in [-0.4, -0.2) is 54.1 Å². The molecule has 0 radical (unpaired) electrons. The van der Waals surface area contributed by atoms with Crippen molar-refractivity contribution in [2.45, 2.75) is 18.4 Å². The van der Waals surface area contributed by atoms with Gasteiger partial charge < -0.3 is 24.4 Å². The van der Waals surface area contributed by atoms with Crippen LogP contribution in [0.4, 0.5) is 10.7 Å². The zero-order valence-electron chi connectivity index (χ0n) is 18.5. The van der Waals surface area contributed by atoms with Gasteiger partial charge in [0.25, 0.3) is 5.91 Å². The van der Waals surface area contributed by atoms with Crippen molar-refractivity contribution in [2.75, 3.05) is 25.6 Å². The van der Waals surface area contributed by atoms with Gasteiger partial charge in [0.2, 0.25) is 5.88 Å². The Balaban J connectivity index is 1.38. The number of carboxylic acid groups (broad SMARTS) is 1. The fraction of sp³-hybridized carbons (Fsp3) is 0.250. The Morgan fingerprint density at radius 3 is 2.29 bits per heavy atom. The third-order valence-electron chi connectivity index (χ3n) is 5.61. The minimum atomic E-state index is -1.66. The summed E-state index contributed by atoms with van der Waals surface area (Å²) in [5, 5.41) is 17.6. The van der Waals surface area contributed by atoms with Gasteiger partial charge in [-0.3, -0.25) is 10.1 Å². The van der Waals surface area contributed by atoms with Crippen molar-refractivity contribution in [2.24, 2.45) is 0 Å². The number of ether oxygens (including phenoxy) is 2. The summed E-state index contributed by atoms with van der Waals surface area (Å²) in [5.41, 5.74) is 2.50. The van der Waals surface area contributed by atoms with Crippen molar-refractivity contribution in [3.8, 4) is 11.1 Å². The third kappa shape index (κ3) is 4.48. The number of nitrogens with zero attached hydrogens (tertiary/aromatic N) is 1. The number of carbonyl (C=O) groups is 3. The molecule has 10 nitrogen and oxygen atoms in total. The predicted molar refractivity (Wildman–Crippen MR) is 121 cm³/mol. The van der Waals surface area contributed by atoms with E-state index >= 15 is 0 Å². The summed E-state index contributed by atoms with van der Waals surface area (Å²) in [4.78, 5) is 36.2. The summed E-state index contributed by atoms with van der Waals surface area (Å²) < 4.78 is 15.3. The van der Waals surface area contributed by atoms with Crippen LogP contribution in [-0.2, 0) is 14.3 Å². The molecule has 176 valence electrons. The molecule has 0 fully saturated rings. The SMILES string of the molecule is COCC(C)(NC(=O)c1cc(NC(=O)OCC2c3ccccc3-c3ccccc32)on1)C(=O)O. The number of carboxylic acids is 1. The molecule has 0 spiro atoms. The third-order valence-corrected chi connectivity index (χ3v) is 5.61. The highest BCUT2D eigenvalue weighted by molar-refractivity contribution is 5.97. The number of methoxy groups -OCH3 is 1. The Morgan fingerprint density at radius 1 is 1.09 bits per heavy atom. The molecule has 1 aromatic heterocycles. The van der Waals surface area contributed by atoms with E-state index in [9.17, 15) is 19.5 Å². The van der Waals surface area contributed by atoms with Gasteiger partial charge in [0.15, 0.2) is 11.2 Å². The molecule has 1 atom stereocenters. The Labute approximate surface area is 194 Å². The summed E-state index contributed by atoms with van der Waals surface area (Å²) in [6, 6.07) is 17.1. The molecule has 1 aliphatic carbocycles. The van der Waals surface area contributed by atoms with E-state index in [1.165, 1.54) is 20.1 Å². The zero-order chi connectivity index (χ0) is 24.3. The van der Waals surface area contributed by atoms with Crippen LogP contribution in [0.1, 0.15) is 34.5 Å². The van der Waals surface area contributed by atoms with Crippen molar-refractivity contribution < 1.29 is 33.5 Å². The van der Waals surface area contributed by atoms with E-state index in [2.05, 4.69) is 15.8 Å². The molecule has 3 N–H and O–H groups in total. The van der Waals surface area contributed by atoms with E-state index in [1.807, 2.05) is 48.5 Å².